The summed E-state index contributed by atoms with van der Waals surface area (Å²) in [5.41, 5.74) is 5.70. The number of carboxylic acids is 1. The lowest BCUT2D eigenvalue weighted by molar-refractivity contribution is -0.780. The summed E-state index contributed by atoms with van der Waals surface area (Å²) in [6.07, 6.45) is 28.6. The summed E-state index contributed by atoms with van der Waals surface area (Å²) in [6, 6.07) is 0. The molecule has 1 unspecified atom stereocenters. The standard InChI is InChI=1S/C26H47N3O2/c1-2-3-4-5-6-7-8-9-10-11-12-13-14-15-16-17-18-19-25-28-21-23-29(25,22-20-27)24-26(30)31/h8-9,21,23H,2-7,10-20,22,24,27H2,1H3/b9-8+. The number of amidine groups is 1. The van der Waals surface area contributed by atoms with Gasteiger partial charge in [-0.05, 0) is 32.1 Å². The topological polar surface area (TPSA) is 78.5 Å². The van der Waals surface area contributed by atoms with Gasteiger partial charge in [-0.25, -0.2) is 9.48 Å². The molecule has 0 aromatic carbocycles. The number of allylic oxidation sites excluding steroid dienone is 2. The Hall–Kier alpha value is -1.46. The van der Waals surface area contributed by atoms with Crippen LogP contribution in [0.5, 0.6) is 0 Å². The van der Waals surface area contributed by atoms with Crippen LogP contribution in [-0.2, 0) is 4.79 Å². The second kappa shape index (κ2) is 18.1. The van der Waals surface area contributed by atoms with Gasteiger partial charge < -0.3 is 15.6 Å². The van der Waals surface area contributed by atoms with Gasteiger partial charge in [0, 0.05) is 13.0 Å². The van der Waals surface area contributed by atoms with Crippen LogP contribution in [0.1, 0.15) is 110 Å². The zero-order valence-electron chi connectivity index (χ0n) is 20.0. The van der Waals surface area contributed by atoms with E-state index in [1.165, 1.54) is 89.9 Å². The Balaban J connectivity index is 1.97. The van der Waals surface area contributed by atoms with Gasteiger partial charge in [0.05, 0.1) is 12.2 Å². The molecule has 1 aliphatic rings. The minimum atomic E-state index is -1.05. The molecule has 5 nitrogen and oxygen atoms in total. The summed E-state index contributed by atoms with van der Waals surface area (Å²) in [5, 5.41) is 11.2. The zero-order chi connectivity index (χ0) is 22.6. The van der Waals surface area contributed by atoms with E-state index in [0.717, 1.165) is 18.7 Å². The number of nitrogens with two attached hydrogens (primary N) is 1. The summed E-state index contributed by atoms with van der Waals surface area (Å²) >= 11 is 0. The van der Waals surface area contributed by atoms with Crippen LogP contribution in [0.25, 0.3) is 0 Å². The lowest BCUT2D eigenvalue weighted by atomic mass is 10.1. The van der Waals surface area contributed by atoms with Crippen molar-refractivity contribution in [2.45, 2.75) is 110 Å². The van der Waals surface area contributed by atoms with Crippen LogP contribution < -0.4 is 10.8 Å². The van der Waals surface area contributed by atoms with Gasteiger partial charge in [0.2, 0.25) is 5.84 Å². The van der Waals surface area contributed by atoms with E-state index in [1.54, 1.807) is 6.20 Å². The highest BCUT2D eigenvalue weighted by molar-refractivity contribution is 5.80. The molecule has 178 valence electrons. The van der Waals surface area contributed by atoms with E-state index in [4.69, 9.17) is 5.73 Å². The molecule has 0 saturated heterocycles. The Morgan fingerprint density at radius 1 is 0.935 bits per heavy atom. The van der Waals surface area contributed by atoms with Crippen LogP contribution in [0.3, 0.4) is 0 Å². The highest BCUT2D eigenvalue weighted by Crippen LogP contribution is 2.21. The summed E-state index contributed by atoms with van der Waals surface area (Å²) in [5.74, 6) is -0.130. The number of carbonyl (C=O) groups excluding carboxylic acids is 1. The molecule has 0 fully saturated rings. The van der Waals surface area contributed by atoms with Crippen LogP contribution in [0.2, 0.25) is 0 Å². The SMILES string of the molecule is CCCCCCC/C=C/CCCCCCCCCCC1=NC=C[N+]1(CCN)CC(=O)[O-]. The van der Waals surface area contributed by atoms with Crippen LogP contribution in [0.15, 0.2) is 29.5 Å². The van der Waals surface area contributed by atoms with Crippen LogP contribution >= 0.6 is 0 Å². The van der Waals surface area contributed by atoms with E-state index in [0.29, 0.717) is 13.1 Å². The van der Waals surface area contributed by atoms with Crippen molar-refractivity contribution in [1.82, 2.24) is 0 Å². The summed E-state index contributed by atoms with van der Waals surface area (Å²) < 4.78 is 0.242. The maximum absolute atomic E-state index is 11.2. The fraction of sp³-hybridized carbons (Fsp3) is 0.769. The van der Waals surface area contributed by atoms with Gasteiger partial charge in [0.15, 0.2) is 0 Å². The highest BCUT2D eigenvalue weighted by Gasteiger charge is 2.34. The first-order valence-corrected chi connectivity index (χ1v) is 12.8. The first-order chi connectivity index (χ1) is 15.1. The molecule has 1 heterocycles. The molecule has 0 radical (unpaired) electrons. The van der Waals surface area contributed by atoms with Gasteiger partial charge in [0.1, 0.15) is 19.3 Å². The Kier molecular flexibility index (Phi) is 16.1. The lowest BCUT2D eigenvalue weighted by Crippen LogP contribution is -2.55. The molecular formula is C26H47N3O2. The number of rotatable bonds is 21. The quantitative estimate of drug-likeness (QED) is 0.153. The first kappa shape index (κ1) is 27.6. The number of carboxylic acid groups (broad SMARTS) is 1. The largest absolute Gasteiger partial charge is 0.544 e. The molecule has 0 spiro atoms. The molecule has 0 aliphatic carbocycles. The fourth-order valence-corrected chi connectivity index (χ4v) is 4.33. The van der Waals surface area contributed by atoms with Crippen LogP contribution in [0.4, 0.5) is 0 Å². The second-order valence-electron chi connectivity index (χ2n) is 8.96. The molecule has 0 saturated carbocycles. The maximum atomic E-state index is 11.2. The molecule has 0 aromatic rings. The van der Waals surface area contributed by atoms with Crippen molar-refractivity contribution in [2.75, 3.05) is 19.6 Å². The monoisotopic (exact) mass is 433 g/mol. The van der Waals surface area contributed by atoms with Crippen molar-refractivity contribution in [2.24, 2.45) is 10.7 Å². The number of aliphatic carboxylic acids is 1. The molecule has 0 aromatic heterocycles. The van der Waals surface area contributed by atoms with E-state index in [-0.39, 0.29) is 11.0 Å². The van der Waals surface area contributed by atoms with Gasteiger partial charge in [-0.15, -0.1) is 0 Å². The molecule has 1 rings (SSSR count). The van der Waals surface area contributed by atoms with E-state index >= 15 is 0 Å². The van der Waals surface area contributed by atoms with Crippen molar-refractivity contribution >= 4 is 11.8 Å². The average Bonchev–Trinajstić information content (AvgIpc) is 3.11. The number of hydrogen-bond donors (Lipinski definition) is 1. The average molecular weight is 434 g/mol. The molecule has 0 bridgehead atoms. The Morgan fingerprint density at radius 3 is 2.03 bits per heavy atom. The third kappa shape index (κ3) is 12.9. The van der Waals surface area contributed by atoms with Crippen molar-refractivity contribution in [1.29, 1.82) is 0 Å². The molecule has 31 heavy (non-hydrogen) atoms. The maximum Gasteiger partial charge on any atom is 0.207 e. The predicted molar refractivity (Wildman–Crippen MR) is 129 cm³/mol. The Morgan fingerprint density at radius 2 is 1.48 bits per heavy atom. The summed E-state index contributed by atoms with van der Waals surface area (Å²) in [4.78, 5) is 15.6. The fourth-order valence-electron chi connectivity index (χ4n) is 4.33. The van der Waals surface area contributed by atoms with Gasteiger partial charge in [-0.2, -0.15) is 0 Å². The van der Waals surface area contributed by atoms with Crippen molar-refractivity contribution in [3.8, 4) is 0 Å². The molecule has 0 amide bonds. The molecule has 1 atom stereocenters. The minimum absolute atomic E-state index is 0.0688. The van der Waals surface area contributed by atoms with Crippen molar-refractivity contribution in [3.05, 3.63) is 24.6 Å². The minimum Gasteiger partial charge on any atom is -0.544 e. The number of nitrogens with zero attached hydrogens (tertiary/aromatic N) is 2. The normalized spacial score (nSPS) is 18.2. The van der Waals surface area contributed by atoms with Crippen LogP contribution in [-0.4, -0.2) is 35.9 Å². The molecular weight excluding hydrogens is 386 g/mol. The third-order valence-electron chi connectivity index (χ3n) is 6.19. The van der Waals surface area contributed by atoms with Gasteiger partial charge in [-0.1, -0.05) is 83.3 Å². The highest BCUT2D eigenvalue weighted by atomic mass is 16.4. The number of quaternary nitrogens is 1. The molecule has 5 heteroatoms. The molecule has 1 aliphatic heterocycles. The van der Waals surface area contributed by atoms with E-state index in [1.807, 2.05) is 6.20 Å². The predicted octanol–water partition coefficient (Wildman–Crippen LogP) is 5.21. The third-order valence-corrected chi connectivity index (χ3v) is 6.19. The number of carbonyl (C=O) groups is 1. The van der Waals surface area contributed by atoms with Gasteiger partial charge >= 0.3 is 0 Å². The number of aliphatic imine (C=N–C) groups is 1. The number of unbranched alkanes of at least 4 members (excludes halogenated alkanes) is 13. The molecule has 2 N–H and O–H groups in total. The smallest absolute Gasteiger partial charge is 0.207 e. The van der Waals surface area contributed by atoms with E-state index < -0.39 is 5.97 Å². The van der Waals surface area contributed by atoms with E-state index in [2.05, 4.69) is 24.1 Å². The zero-order valence-corrected chi connectivity index (χ0v) is 20.0. The van der Waals surface area contributed by atoms with Crippen LogP contribution in [0, 0.1) is 0 Å². The van der Waals surface area contributed by atoms with E-state index in [9.17, 15) is 9.90 Å². The van der Waals surface area contributed by atoms with Crippen molar-refractivity contribution in [3.63, 3.8) is 0 Å². The Labute approximate surface area is 191 Å². The first-order valence-electron chi connectivity index (χ1n) is 12.8. The lowest BCUT2D eigenvalue weighted by Gasteiger charge is -2.32. The van der Waals surface area contributed by atoms with Gasteiger partial charge in [0.25, 0.3) is 0 Å². The Bertz CT molecular complexity index is 557. The van der Waals surface area contributed by atoms with Gasteiger partial charge in [-0.3, -0.25) is 0 Å². The second-order valence-corrected chi connectivity index (χ2v) is 8.96. The number of hydrogen-bond acceptors (Lipinski definition) is 4. The summed E-state index contributed by atoms with van der Waals surface area (Å²) in [6.45, 7) is 3.20. The summed E-state index contributed by atoms with van der Waals surface area (Å²) in [7, 11) is 0. The van der Waals surface area contributed by atoms with Crippen molar-refractivity contribution < 1.29 is 14.4 Å².